The molecule has 4 rings (SSSR count). The third-order valence-corrected chi connectivity index (χ3v) is 7.95. The first-order valence-electron chi connectivity index (χ1n) is 13.0. The molecule has 1 aliphatic heterocycles. The quantitative estimate of drug-likeness (QED) is 0.245. The van der Waals surface area contributed by atoms with E-state index in [2.05, 4.69) is 0 Å². The summed E-state index contributed by atoms with van der Waals surface area (Å²) in [5.41, 5.74) is 0.536. The van der Waals surface area contributed by atoms with Crippen molar-refractivity contribution in [3.05, 3.63) is 95.1 Å². The topological polar surface area (TPSA) is 57.1 Å². The van der Waals surface area contributed by atoms with E-state index < -0.39 is 23.3 Å². The molecule has 0 amide bonds. The average molecular weight is 572 g/mol. The molecule has 5 nitrogen and oxygen atoms in total. The monoisotopic (exact) mass is 571 g/mol. The van der Waals surface area contributed by atoms with Crippen LogP contribution in [0.25, 0.3) is 0 Å². The van der Waals surface area contributed by atoms with E-state index in [0.717, 1.165) is 23.3 Å². The Morgan fingerprint density at radius 2 is 1.70 bits per heavy atom. The van der Waals surface area contributed by atoms with Gasteiger partial charge in [-0.1, -0.05) is 54.2 Å². The Morgan fingerprint density at radius 1 is 1.02 bits per heavy atom. The second-order valence-electron chi connectivity index (χ2n) is 10.0. The van der Waals surface area contributed by atoms with Gasteiger partial charge >= 0.3 is 12.1 Å². The van der Waals surface area contributed by atoms with Gasteiger partial charge in [-0.3, -0.25) is 4.99 Å². The van der Waals surface area contributed by atoms with Crippen LogP contribution in [0.15, 0.2) is 77.8 Å². The molecule has 0 aromatic heterocycles. The summed E-state index contributed by atoms with van der Waals surface area (Å²) in [5.74, 6) is 0.705. The van der Waals surface area contributed by atoms with Crippen LogP contribution in [-0.2, 0) is 15.7 Å². The number of carbonyl (C=O) groups excluding carboxylic acids is 1. The first-order valence-corrected chi connectivity index (χ1v) is 13.9. The second-order valence-corrected chi connectivity index (χ2v) is 11.2. The van der Waals surface area contributed by atoms with Crippen molar-refractivity contribution in [1.82, 2.24) is 0 Å². The number of aryl methyl sites for hydroxylation is 1. The van der Waals surface area contributed by atoms with Crippen molar-refractivity contribution in [2.24, 2.45) is 4.99 Å². The van der Waals surface area contributed by atoms with E-state index in [0.29, 0.717) is 22.1 Å². The van der Waals surface area contributed by atoms with E-state index in [1.165, 1.54) is 23.9 Å². The molecule has 0 radical (unpaired) electrons. The summed E-state index contributed by atoms with van der Waals surface area (Å²) < 4.78 is 56.8. The molecule has 1 heterocycles. The molecule has 0 bridgehead atoms. The number of aliphatic imine (C=N–C) groups is 1. The number of carbonyl (C=O) groups is 1. The Kier molecular flexibility index (Phi) is 8.83. The molecule has 0 spiro atoms. The standard InChI is InChI=1S/C31H32F3NO4S/c1-6-37-29(36)30(4,5)39-25-17-16-24(18-19(25)2)38-26(21-10-8-7-9-11-21)27-20(3)35-28(40-27)22-12-14-23(15-13-22)31(32,33)34/h7-18,20,26-27H,6H2,1-5H3. The van der Waals surface area contributed by atoms with Gasteiger partial charge in [-0.15, -0.1) is 0 Å². The average Bonchev–Trinajstić information content (AvgIpc) is 3.30. The van der Waals surface area contributed by atoms with E-state index in [1.807, 2.05) is 50.2 Å². The highest BCUT2D eigenvalue weighted by Crippen LogP contribution is 2.42. The number of rotatable bonds is 9. The maximum Gasteiger partial charge on any atom is 0.416 e. The number of benzene rings is 3. The maximum absolute atomic E-state index is 13.0. The number of halogens is 3. The van der Waals surface area contributed by atoms with Crippen molar-refractivity contribution in [1.29, 1.82) is 0 Å². The summed E-state index contributed by atoms with van der Waals surface area (Å²) in [7, 11) is 0. The molecule has 0 saturated carbocycles. The number of ether oxygens (including phenoxy) is 3. The molecule has 3 aromatic carbocycles. The van der Waals surface area contributed by atoms with Gasteiger partial charge < -0.3 is 14.2 Å². The van der Waals surface area contributed by atoms with Crippen LogP contribution in [0.3, 0.4) is 0 Å². The Hall–Kier alpha value is -3.46. The molecule has 3 atom stereocenters. The lowest BCUT2D eigenvalue weighted by molar-refractivity contribution is -0.158. The van der Waals surface area contributed by atoms with Crippen molar-refractivity contribution in [2.75, 3.05) is 6.61 Å². The summed E-state index contributed by atoms with van der Waals surface area (Å²) in [6.07, 6.45) is -4.78. The summed E-state index contributed by atoms with van der Waals surface area (Å²) in [6, 6.07) is 20.1. The molecule has 3 unspecified atom stereocenters. The lowest BCUT2D eigenvalue weighted by atomic mass is 10.0. The Labute approximate surface area is 236 Å². The molecular formula is C31H32F3NO4S. The van der Waals surface area contributed by atoms with E-state index in [4.69, 9.17) is 19.2 Å². The number of thioether (sulfide) groups is 1. The molecule has 0 fully saturated rings. The fraction of sp³-hybridized carbons (Fsp3) is 0.355. The Morgan fingerprint density at radius 3 is 2.30 bits per heavy atom. The van der Waals surface area contributed by atoms with Crippen molar-refractivity contribution >= 4 is 22.8 Å². The number of nitrogens with zero attached hydrogens (tertiary/aromatic N) is 1. The van der Waals surface area contributed by atoms with Gasteiger partial charge in [0.15, 0.2) is 5.60 Å². The van der Waals surface area contributed by atoms with Crippen LogP contribution < -0.4 is 9.47 Å². The SMILES string of the molecule is CCOC(=O)C(C)(C)Oc1ccc(OC(c2ccccc2)C2SC(c3ccc(C(F)(F)F)cc3)=NC2C)cc1C. The van der Waals surface area contributed by atoms with Crippen LogP contribution in [0.5, 0.6) is 11.5 Å². The van der Waals surface area contributed by atoms with Crippen molar-refractivity contribution in [3.8, 4) is 11.5 Å². The molecule has 3 aromatic rings. The minimum absolute atomic E-state index is 0.126. The highest BCUT2D eigenvalue weighted by atomic mass is 32.2. The lowest BCUT2D eigenvalue weighted by Gasteiger charge is -2.28. The normalized spacial score (nSPS) is 18.1. The van der Waals surface area contributed by atoms with Gasteiger partial charge in [-0.2, -0.15) is 13.2 Å². The van der Waals surface area contributed by atoms with Crippen molar-refractivity contribution in [3.63, 3.8) is 0 Å². The van der Waals surface area contributed by atoms with Crippen LogP contribution in [0.4, 0.5) is 13.2 Å². The van der Waals surface area contributed by atoms with Gasteiger partial charge in [0.05, 0.1) is 28.5 Å². The van der Waals surface area contributed by atoms with Crippen LogP contribution in [-0.4, -0.2) is 34.5 Å². The van der Waals surface area contributed by atoms with Gasteiger partial charge in [0.1, 0.15) is 17.6 Å². The maximum atomic E-state index is 13.0. The molecule has 40 heavy (non-hydrogen) atoms. The fourth-order valence-corrected chi connectivity index (χ4v) is 5.67. The number of esters is 1. The van der Waals surface area contributed by atoms with E-state index in [1.54, 1.807) is 32.9 Å². The van der Waals surface area contributed by atoms with Gasteiger partial charge in [0.25, 0.3) is 0 Å². The Balaban J connectivity index is 1.55. The van der Waals surface area contributed by atoms with Crippen molar-refractivity contribution < 1.29 is 32.2 Å². The van der Waals surface area contributed by atoms with Crippen LogP contribution in [0.2, 0.25) is 0 Å². The number of alkyl halides is 3. The van der Waals surface area contributed by atoms with E-state index in [-0.39, 0.29) is 24.0 Å². The van der Waals surface area contributed by atoms with Crippen LogP contribution in [0, 0.1) is 6.92 Å². The first kappa shape index (κ1) is 29.5. The van der Waals surface area contributed by atoms with E-state index >= 15 is 0 Å². The highest BCUT2D eigenvalue weighted by molar-refractivity contribution is 8.15. The molecule has 212 valence electrons. The third kappa shape index (κ3) is 6.81. The first-order chi connectivity index (χ1) is 18.9. The van der Waals surface area contributed by atoms with Gasteiger partial charge in [0, 0.05) is 5.56 Å². The second kappa shape index (κ2) is 12.0. The summed E-state index contributed by atoms with van der Waals surface area (Å²) in [6.45, 7) is 9.18. The molecule has 9 heteroatoms. The van der Waals surface area contributed by atoms with Gasteiger partial charge in [0.2, 0.25) is 0 Å². The zero-order valence-corrected chi connectivity index (χ0v) is 23.8. The fourth-order valence-electron chi connectivity index (χ4n) is 4.32. The summed E-state index contributed by atoms with van der Waals surface area (Å²) >= 11 is 1.50. The summed E-state index contributed by atoms with van der Waals surface area (Å²) in [5, 5.41) is 0.551. The third-order valence-electron chi connectivity index (χ3n) is 6.47. The Bertz CT molecular complexity index is 1360. The minimum atomic E-state index is -4.39. The lowest BCUT2D eigenvalue weighted by Crippen LogP contribution is -2.39. The predicted octanol–water partition coefficient (Wildman–Crippen LogP) is 7.81. The smallest absolute Gasteiger partial charge is 0.416 e. The highest BCUT2D eigenvalue weighted by Gasteiger charge is 2.38. The molecular weight excluding hydrogens is 539 g/mol. The summed E-state index contributed by atoms with van der Waals surface area (Å²) in [4.78, 5) is 17.1. The molecule has 0 N–H and O–H groups in total. The van der Waals surface area contributed by atoms with Gasteiger partial charge in [-0.05, 0) is 76.1 Å². The number of hydrogen-bond acceptors (Lipinski definition) is 6. The molecule has 0 aliphatic carbocycles. The number of hydrogen-bond donors (Lipinski definition) is 0. The zero-order valence-electron chi connectivity index (χ0n) is 23.0. The minimum Gasteiger partial charge on any atom is -0.484 e. The van der Waals surface area contributed by atoms with Crippen LogP contribution in [0.1, 0.15) is 56.1 Å². The van der Waals surface area contributed by atoms with Crippen LogP contribution >= 0.6 is 11.8 Å². The molecule has 1 aliphatic rings. The molecule has 0 saturated heterocycles. The zero-order chi connectivity index (χ0) is 29.1. The van der Waals surface area contributed by atoms with E-state index in [9.17, 15) is 18.0 Å². The van der Waals surface area contributed by atoms with Crippen molar-refractivity contribution in [2.45, 2.75) is 63.8 Å². The largest absolute Gasteiger partial charge is 0.484 e. The van der Waals surface area contributed by atoms with Gasteiger partial charge in [-0.25, -0.2) is 4.79 Å². The predicted molar refractivity (Wildman–Crippen MR) is 151 cm³/mol.